The number of rotatable bonds is 0. The van der Waals surface area contributed by atoms with Crippen molar-refractivity contribution in [2.24, 2.45) is 5.41 Å². The van der Waals surface area contributed by atoms with Gasteiger partial charge >= 0.3 is 0 Å². The molecule has 1 amide bonds. The third-order valence-electron chi connectivity index (χ3n) is 3.33. The first-order valence-corrected chi connectivity index (χ1v) is 6.92. The average molecular weight is 255 g/mol. The van der Waals surface area contributed by atoms with E-state index in [9.17, 15) is 17.6 Å². The minimum Gasteiger partial charge on any atom is -0.324 e. The fraction of sp³-hybridized carbons (Fsp3) is 0.364. The topological polar surface area (TPSA) is 63.2 Å². The van der Waals surface area contributed by atoms with Gasteiger partial charge in [-0.05, 0) is 31.0 Å². The highest BCUT2D eigenvalue weighted by Crippen LogP contribution is 2.50. The summed E-state index contributed by atoms with van der Waals surface area (Å²) in [5.41, 5.74) is -0.603. The van der Waals surface area contributed by atoms with E-state index in [1.807, 2.05) is 0 Å². The predicted octanol–water partition coefficient (Wildman–Crippen LogP) is 1.33. The summed E-state index contributed by atoms with van der Waals surface area (Å²) in [6.45, 7) is 0. The molecule has 0 bridgehead atoms. The Morgan fingerprint density at radius 1 is 1.29 bits per heavy atom. The molecule has 4 nitrogen and oxygen atoms in total. The molecule has 1 fully saturated rings. The Hall–Kier alpha value is -1.43. The van der Waals surface area contributed by atoms with Gasteiger partial charge in [0.15, 0.2) is 9.84 Å². The monoisotopic (exact) mass is 255 g/mol. The lowest BCUT2D eigenvalue weighted by Crippen LogP contribution is -2.27. The molecule has 1 saturated carbocycles. The van der Waals surface area contributed by atoms with Crippen molar-refractivity contribution >= 4 is 21.4 Å². The van der Waals surface area contributed by atoms with E-state index in [1.165, 1.54) is 6.07 Å². The van der Waals surface area contributed by atoms with Crippen LogP contribution < -0.4 is 5.32 Å². The Kier molecular flexibility index (Phi) is 1.93. The highest BCUT2D eigenvalue weighted by Gasteiger charge is 2.54. The molecule has 1 aliphatic heterocycles. The number of nitrogens with one attached hydrogen (secondary N) is 1. The molecule has 1 N–H and O–H groups in total. The third-order valence-corrected chi connectivity index (χ3v) is 5.27. The molecule has 6 heteroatoms. The second kappa shape index (κ2) is 3.07. The average Bonchev–Trinajstić information content (AvgIpc) is 3.00. The number of halogens is 1. The highest BCUT2D eigenvalue weighted by atomic mass is 32.2. The van der Waals surface area contributed by atoms with Crippen molar-refractivity contribution in [2.75, 3.05) is 11.1 Å². The van der Waals surface area contributed by atoms with E-state index >= 15 is 0 Å². The van der Waals surface area contributed by atoms with Crippen LogP contribution in [0.15, 0.2) is 23.1 Å². The minimum atomic E-state index is -3.60. The number of benzene rings is 1. The summed E-state index contributed by atoms with van der Waals surface area (Å²) >= 11 is 0. The first-order valence-electron chi connectivity index (χ1n) is 5.27. The summed E-state index contributed by atoms with van der Waals surface area (Å²) in [7, 11) is -3.60. The molecule has 1 spiro atoms. The molecule has 1 aliphatic carbocycles. The summed E-state index contributed by atoms with van der Waals surface area (Å²) in [6.07, 6.45) is 1.16. The van der Waals surface area contributed by atoms with Crippen LogP contribution in [0.5, 0.6) is 0 Å². The van der Waals surface area contributed by atoms with E-state index < -0.39 is 21.1 Å². The lowest BCUT2D eigenvalue weighted by molar-refractivity contribution is -0.120. The lowest BCUT2D eigenvalue weighted by atomic mass is 10.1. The molecule has 3 rings (SSSR count). The maximum absolute atomic E-state index is 13.1. The molecule has 2 aliphatic rings. The molecule has 1 aromatic rings. The van der Waals surface area contributed by atoms with E-state index in [0.717, 1.165) is 12.1 Å². The number of sulfone groups is 1. The van der Waals surface area contributed by atoms with Gasteiger partial charge < -0.3 is 5.32 Å². The van der Waals surface area contributed by atoms with E-state index in [4.69, 9.17) is 0 Å². The van der Waals surface area contributed by atoms with Crippen LogP contribution in [0.4, 0.5) is 10.1 Å². The number of hydrogen-bond donors (Lipinski definition) is 1. The van der Waals surface area contributed by atoms with Crippen LogP contribution in [0.25, 0.3) is 0 Å². The number of carbonyl (C=O) groups is 1. The van der Waals surface area contributed by atoms with E-state index in [2.05, 4.69) is 5.32 Å². The molecule has 90 valence electrons. The van der Waals surface area contributed by atoms with Gasteiger partial charge in [-0.25, -0.2) is 12.8 Å². The molecule has 0 atom stereocenters. The first kappa shape index (κ1) is 10.7. The predicted molar refractivity (Wildman–Crippen MR) is 58.7 cm³/mol. The van der Waals surface area contributed by atoms with Gasteiger partial charge in [-0.1, -0.05) is 0 Å². The van der Waals surface area contributed by atoms with Gasteiger partial charge in [-0.15, -0.1) is 0 Å². The van der Waals surface area contributed by atoms with E-state index in [0.29, 0.717) is 12.8 Å². The summed E-state index contributed by atoms with van der Waals surface area (Å²) in [5.74, 6) is -1.11. The van der Waals surface area contributed by atoms with E-state index in [1.54, 1.807) is 0 Å². The smallest absolute Gasteiger partial charge is 0.231 e. The Morgan fingerprint density at radius 3 is 2.65 bits per heavy atom. The fourth-order valence-corrected chi connectivity index (χ4v) is 4.19. The van der Waals surface area contributed by atoms with Crippen molar-refractivity contribution < 1.29 is 17.6 Å². The van der Waals surface area contributed by atoms with Crippen LogP contribution in [0, 0.1) is 11.2 Å². The second-order valence-electron chi connectivity index (χ2n) is 4.63. The largest absolute Gasteiger partial charge is 0.324 e. The molecule has 0 saturated heterocycles. The van der Waals surface area contributed by atoms with Crippen LogP contribution in [0.3, 0.4) is 0 Å². The molecule has 17 heavy (non-hydrogen) atoms. The van der Waals surface area contributed by atoms with Crippen LogP contribution in [0.1, 0.15) is 12.8 Å². The van der Waals surface area contributed by atoms with Gasteiger partial charge in [0.25, 0.3) is 0 Å². The van der Waals surface area contributed by atoms with Gasteiger partial charge in [-0.3, -0.25) is 4.79 Å². The van der Waals surface area contributed by atoms with Crippen molar-refractivity contribution in [2.45, 2.75) is 17.7 Å². The van der Waals surface area contributed by atoms with Gasteiger partial charge in [0, 0.05) is 0 Å². The summed E-state index contributed by atoms with van der Waals surface area (Å²) in [6, 6.07) is 3.40. The standard InChI is InChI=1S/C11H10FNO3S/c12-7-1-2-8-9(5-7)17(15,16)6-11(3-4-11)10(14)13-8/h1-2,5H,3-4,6H2,(H,13,14). The maximum Gasteiger partial charge on any atom is 0.231 e. The Bertz CT molecular complexity index is 620. The maximum atomic E-state index is 13.1. The molecule has 1 heterocycles. The second-order valence-corrected chi connectivity index (χ2v) is 6.59. The first-order chi connectivity index (χ1) is 7.93. The van der Waals surface area contributed by atoms with Crippen molar-refractivity contribution in [3.8, 4) is 0 Å². The van der Waals surface area contributed by atoms with Crippen molar-refractivity contribution in [1.82, 2.24) is 0 Å². The molecule has 0 unspecified atom stereocenters. The zero-order chi connectivity index (χ0) is 12.3. The number of amides is 1. The summed E-state index contributed by atoms with van der Waals surface area (Å²) < 4.78 is 37.3. The molecule has 0 aromatic heterocycles. The van der Waals surface area contributed by atoms with Gasteiger partial charge in [-0.2, -0.15) is 0 Å². The van der Waals surface area contributed by atoms with E-state index in [-0.39, 0.29) is 22.2 Å². The zero-order valence-electron chi connectivity index (χ0n) is 8.86. The van der Waals surface area contributed by atoms with Gasteiger partial charge in [0.1, 0.15) is 5.82 Å². The third kappa shape index (κ3) is 1.55. The zero-order valence-corrected chi connectivity index (χ0v) is 9.68. The van der Waals surface area contributed by atoms with Gasteiger partial charge in [0.2, 0.25) is 5.91 Å². The number of anilines is 1. The van der Waals surface area contributed by atoms with Crippen LogP contribution in [-0.2, 0) is 14.6 Å². The normalized spacial score (nSPS) is 23.7. The summed E-state index contributed by atoms with van der Waals surface area (Å²) in [4.78, 5) is 11.7. The molecule has 1 aromatic carbocycles. The Morgan fingerprint density at radius 2 is 2.00 bits per heavy atom. The molecule has 0 radical (unpaired) electrons. The summed E-state index contributed by atoms with van der Waals surface area (Å²) in [5, 5.41) is 2.57. The van der Waals surface area contributed by atoms with Crippen molar-refractivity contribution in [3.63, 3.8) is 0 Å². The lowest BCUT2D eigenvalue weighted by Gasteiger charge is -2.08. The highest BCUT2D eigenvalue weighted by molar-refractivity contribution is 7.91. The van der Waals surface area contributed by atoms with Crippen LogP contribution >= 0.6 is 0 Å². The van der Waals surface area contributed by atoms with Crippen molar-refractivity contribution in [1.29, 1.82) is 0 Å². The number of fused-ring (bicyclic) bond motifs is 1. The molecular weight excluding hydrogens is 245 g/mol. The number of hydrogen-bond acceptors (Lipinski definition) is 3. The SMILES string of the molecule is O=C1Nc2ccc(F)cc2S(=O)(=O)CC12CC2. The molecular formula is C11H10FNO3S. The Labute approximate surface area is 97.7 Å². The van der Waals surface area contributed by atoms with Crippen molar-refractivity contribution in [3.05, 3.63) is 24.0 Å². The fourth-order valence-electron chi connectivity index (χ4n) is 2.14. The quantitative estimate of drug-likeness (QED) is 0.760. The number of carbonyl (C=O) groups excluding carboxylic acids is 1. The Balaban J connectivity index is 2.21. The van der Waals surface area contributed by atoms with Gasteiger partial charge in [0.05, 0.1) is 21.8 Å². The van der Waals surface area contributed by atoms with Crippen LogP contribution in [-0.4, -0.2) is 20.1 Å². The van der Waals surface area contributed by atoms with Crippen LogP contribution in [0.2, 0.25) is 0 Å². The minimum absolute atomic E-state index is 0.116.